The molecule has 8 nitrogen and oxygen atoms in total. The van der Waals surface area contributed by atoms with E-state index >= 15 is 0 Å². The maximum Gasteiger partial charge on any atom is 0.233 e. The first kappa shape index (κ1) is 25.2. The number of rotatable bonds is 10. The molecule has 9 heteroatoms. The molecule has 192 valence electrons. The fourth-order valence-corrected chi connectivity index (χ4v) is 4.19. The highest BCUT2D eigenvalue weighted by Crippen LogP contribution is 2.25. The van der Waals surface area contributed by atoms with Gasteiger partial charge in [-0.2, -0.15) is 15.0 Å². The van der Waals surface area contributed by atoms with Crippen molar-refractivity contribution in [2.75, 3.05) is 34.4 Å². The molecule has 38 heavy (non-hydrogen) atoms. The Balaban J connectivity index is 1.26. The minimum atomic E-state index is 0.466. The van der Waals surface area contributed by atoms with Crippen molar-refractivity contribution in [1.29, 1.82) is 0 Å². The number of nitrogens with one attached hydrogen (secondary N) is 4. The molecule has 0 atom stereocenters. The molecule has 0 radical (unpaired) electrons. The second-order valence-corrected chi connectivity index (χ2v) is 9.35. The van der Waals surface area contributed by atoms with E-state index in [0.717, 1.165) is 52.1 Å². The maximum atomic E-state index is 6.11. The average Bonchev–Trinajstić information content (AvgIpc) is 2.91. The highest BCUT2D eigenvalue weighted by atomic mass is 35.5. The molecule has 0 saturated heterocycles. The van der Waals surface area contributed by atoms with Crippen molar-refractivity contribution in [3.8, 4) is 0 Å². The van der Waals surface area contributed by atoms with Gasteiger partial charge in [-0.15, -0.1) is 0 Å². The van der Waals surface area contributed by atoms with E-state index in [4.69, 9.17) is 11.6 Å². The minimum absolute atomic E-state index is 0.466. The fraction of sp³-hybridized carbons (Fsp3) is 0.172. The molecule has 0 saturated carbocycles. The number of para-hydroxylation sites is 2. The largest absolute Gasteiger partial charge is 0.384 e. The summed E-state index contributed by atoms with van der Waals surface area (Å²) in [5.74, 6) is 1.43. The highest BCUT2D eigenvalue weighted by molar-refractivity contribution is 6.31. The fourth-order valence-electron chi connectivity index (χ4n) is 4.02. The lowest BCUT2D eigenvalue weighted by atomic mass is 10.2. The summed E-state index contributed by atoms with van der Waals surface area (Å²) < 4.78 is 0. The number of benzene rings is 3. The average molecular weight is 525 g/mol. The van der Waals surface area contributed by atoms with E-state index < -0.39 is 0 Å². The van der Waals surface area contributed by atoms with Crippen molar-refractivity contribution in [2.45, 2.75) is 20.3 Å². The Morgan fingerprint density at radius 3 is 1.92 bits per heavy atom. The molecule has 0 aliphatic heterocycles. The van der Waals surface area contributed by atoms with E-state index in [1.165, 1.54) is 0 Å². The van der Waals surface area contributed by atoms with Gasteiger partial charge in [0.25, 0.3) is 0 Å². The molecule has 0 unspecified atom stereocenters. The molecule has 0 aliphatic carbocycles. The molecule has 2 heterocycles. The lowest BCUT2D eigenvalue weighted by molar-refractivity contribution is 0.892. The third-order valence-electron chi connectivity index (χ3n) is 6.08. The van der Waals surface area contributed by atoms with Crippen molar-refractivity contribution >= 4 is 57.4 Å². The normalized spacial score (nSPS) is 10.8. The molecular weight excluding hydrogens is 496 g/mol. The molecular formula is C29H29ClN8. The minimum Gasteiger partial charge on any atom is -0.384 e. The molecule has 0 amide bonds. The predicted molar refractivity (Wildman–Crippen MR) is 157 cm³/mol. The predicted octanol–water partition coefficient (Wildman–Crippen LogP) is 7.09. The van der Waals surface area contributed by atoms with E-state index in [-0.39, 0.29) is 0 Å². The Kier molecular flexibility index (Phi) is 7.80. The second-order valence-electron chi connectivity index (χ2n) is 8.91. The maximum absolute atomic E-state index is 6.11. The number of aryl methyl sites for hydroxylation is 2. The second kappa shape index (κ2) is 11.7. The highest BCUT2D eigenvalue weighted by Gasteiger charge is 2.10. The number of aromatic nitrogens is 4. The number of pyridine rings is 1. The van der Waals surface area contributed by atoms with Gasteiger partial charge in [-0.1, -0.05) is 48.0 Å². The summed E-state index contributed by atoms with van der Waals surface area (Å²) >= 11 is 6.11. The molecule has 3 aromatic carbocycles. The first-order valence-corrected chi connectivity index (χ1v) is 12.9. The van der Waals surface area contributed by atoms with Crippen LogP contribution < -0.4 is 21.3 Å². The summed E-state index contributed by atoms with van der Waals surface area (Å²) in [5, 5.41) is 15.2. The molecule has 4 N–H and O–H groups in total. The summed E-state index contributed by atoms with van der Waals surface area (Å²) in [7, 11) is 0. The molecule has 0 bridgehead atoms. The quantitative estimate of drug-likeness (QED) is 0.144. The van der Waals surface area contributed by atoms with Gasteiger partial charge in [0.15, 0.2) is 0 Å². The smallest absolute Gasteiger partial charge is 0.233 e. The van der Waals surface area contributed by atoms with E-state index in [0.29, 0.717) is 29.4 Å². The van der Waals surface area contributed by atoms with Gasteiger partial charge < -0.3 is 21.3 Å². The van der Waals surface area contributed by atoms with Crippen molar-refractivity contribution in [2.24, 2.45) is 0 Å². The zero-order valence-electron chi connectivity index (χ0n) is 21.3. The van der Waals surface area contributed by atoms with Crippen LogP contribution in [0.25, 0.3) is 10.9 Å². The van der Waals surface area contributed by atoms with Gasteiger partial charge >= 0.3 is 0 Å². The van der Waals surface area contributed by atoms with Crippen LogP contribution in [0, 0.1) is 13.8 Å². The summed E-state index contributed by atoms with van der Waals surface area (Å²) in [4.78, 5) is 18.2. The van der Waals surface area contributed by atoms with Crippen molar-refractivity contribution in [3.05, 3.63) is 95.1 Å². The SMILES string of the molecule is Cc1ccccc1Nc1nc(NCCCNc2ccnc3cc(Cl)ccc23)nc(Nc2ccccc2C)n1. The van der Waals surface area contributed by atoms with Gasteiger partial charge in [0.2, 0.25) is 17.8 Å². The van der Waals surface area contributed by atoms with Crippen LogP contribution in [0.15, 0.2) is 79.0 Å². The zero-order chi connectivity index (χ0) is 26.3. The van der Waals surface area contributed by atoms with Gasteiger partial charge in [0.1, 0.15) is 0 Å². The van der Waals surface area contributed by atoms with E-state index in [2.05, 4.69) is 41.2 Å². The summed E-state index contributed by atoms with van der Waals surface area (Å²) in [5.41, 5.74) is 6.00. The van der Waals surface area contributed by atoms with E-state index in [1.54, 1.807) is 6.20 Å². The third-order valence-corrected chi connectivity index (χ3v) is 6.31. The molecule has 0 fully saturated rings. The topological polar surface area (TPSA) is 99.7 Å². The van der Waals surface area contributed by atoms with Crippen LogP contribution in [0.5, 0.6) is 0 Å². The van der Waals surface area contributed by atoms with Crippen molar-refractivity contribution < 1.29 is 0 Å². The Labute approximate surface area is 226 Å². The number of fused-ring (bicyclic) bond motifs is 1. The van der Waals surface area contributed by atoms with Crippen LogP contribution in [0.4, 0.5) is 34.9 Å². The van der Waals surface area contributed by atoms with Crippen molar-refractivity contribution in [1.82, 2.24) is 19.9 Å². The van der Waals surface area contributed by atoms with Crippen LogP contribution in [-0.2, 0) is 0 Å². The third kappa shape index (κ3) is 6.27. The summed E-state index contributed by atoms with van der Waals surface area (Å²) in [6.07, 6.45) is 2.64. The van der Waals surface area contributed by atoms with Gasteiger partial charge in [0.05, 0.1) is 5.52 Å². The van der Waals surface area contributed by atoms with Crippen LogP contribution >= 0.6 is 11.6 Å². The zero-order valence-corrected chi connectivity index (χ0v) is 22.0. The monoisotopic (exact) mass is 524 g/mol. The number of halogens is 1. The molecule has 2 aromatic heterocycles. The van der Waals surface area contributed by atoms with E-state index in [9.17, 15) is 0 Å². The Hall–Kier alpha value is -4.43. The summed E-state index contributed by atoms with van der Waals surface area (Å²) in [6, 6.07) is 23.8. The summed E-state index contributed by atoms with van der Waals surface area (Å²) in [6.45, 7) is 5.54. The number of hydrogen-bond donors (Lipinski definition) is 4. The first-order valence-electron chi connectivity index (χ1n) is 12.5. The van der Waals surface area contributed by atoms with Crippen molar-refractivity contribution in [3.63, 3.8) is 0 Å². The molecule has 5 aromatic rings. The Bertz CT molecular complexity index is 1490. The van der Waals surface area contributed by atoms with Gasteiger partial charge in [0, 0.05) is 46.8 Å². The van der Waals surface area contributed by atoms with Crippen LogP contribution in [0.2, 0.25) is 5.02 Å². The Morgan fingerprint density at radius 2 is 1.26 bits per heavy atom. The number of hydrogen-bond acceptors (Lipinski definition) is 8. The van der Waals surface area contributed by atoms with Gasteiger partial charge in [-0.3, -0.25) is 4.98 Å². The van der Waals surface area contributed by atoms with Gasteiger partial charge in [-0.25, -0.2) is 0 Å². The van der Waals surface area contributed by atoms with Gasteiger partial charge in [-0.05, 0) is 67.8 Å². The standard InChI is InChI=1S/C29H29ClN8/c1-19-8-3-5-10-23(19)34-28-36-27(37-29(38-28)35-24-11-6-4-9-20(24)2)33-16-7-15-31-25-14-17-32-26-18-21(30)12-13-22(25)26/h3-6,8-14,17-18H,7,15-16H2,1-2H3,(H,31,32)(H3,33,34,35,36,37,38). The first-order chi connectivity index (χ1) is 18.5. The Morgan fingerprint density at radius 1 is 0.658 bits per heavy atom. The van der Waals surface area contributed by atoms with Crippen LogP contribution in [-0.4, -0.2) is 33.0 Å². The van der Waals surface area contributed by atoms with Crippen LogP contribution in [0.1, 0.15) is 17.5 Å². The number of anilines is 6. The molecule has 0 spiro atoms. The van der Waals surface area contributed by atoms with Crippen LogP contribution in [0.3, 0.4) is 0 Å². The molecule has 5 rings (SSSR count). The molecule has 0 aliphatic rings. The van der Waals surface area contributed by atoms with E-state index in [1.807, 2.05) is 86.6 Å². The lowest BCUT2D eigenvalue weighted by Gasteiger charge is -2.14. The number of nitrogens with zero attached hydrogens (tertiary/aromatic N) is 4. The lowest BCUT2D eigenvalue weighted by Crippen LogP contribution is -2.13.